The highest BCUT2D eigenvalue weighted by atomic mass is 31.2. The van der Waals surface area contributed by atoms with Crippen molar-refractivity contribution in [3.05, 3.63) is 35.9 Å². The molecule has 0 aliphatic rings. The molecule has 0 amide bonds. The van der Waals surface area contributed by atoms with Gasteiger partial charge in [-0.2, -0.15) is 0 Å². The van der Waals surface area contributed by atoms with E-state index in [1.165, 1.54) is 5.56 Å². The lowest BCUT2D eigenvalue weighted by Crippen LogP contribution is -2.55. The summed E-state index contributed by atoms with van der Waals surface area (Å²) in [5.74, 6) is -7.82. The van der Waals surface area contributed by atoms with Gasteiger partial charge in [-0.1, -0.05) is 76.3 Å². The van der Waals surface area contributed by atoms with E-state index in [0.717, 1.165) is 59.6 Å². The molecule has 0 bridgehead atoms. The number of hydrogen-bond acceptors (Lipinski definition) is 15. The van der Waals surface area contributed by atoms with Crippen molar-refractivity contribution in [1.82, 2.24) is 14.7 Å². The topological polar surface area (TPSA) is 263 Å². The number of carboxylic acids is 5. The van der Waals surface area contributed by atoms with Crippen molar-refractivity contribution in [1.29, 1.82) is 0 Å². The summed E-state index contributed by atoms with van der Waals surface area (Å²) < 4.78 is 22.4. The summed E-state index contributed by atoms with van der Waals surface area (Å²) in [7, 11) is -4.97. The molecule has 0 radical (unpaired) electrons. The third-order valence-electron chi connectivity index (χ3n) is 7.33. The third-order valence-corrected chi connectivity index (χ3v) is 8.29. The summed E-state index contributed by atoms with van der Waals surface area (Å²) in [6.45, 7) is -6.44. The molecule has 0 heterocycles. The van der Waals surface area contributed by atoms with Gasteiger partial charge in [0.1, 0.15) is 0 Å². The average Bonchev–Trinajstić information content (AvgIpc) is 2.99. The molecule has 0 aliphatic carbocycles. The van der Waals surface area contributed by atoms with Crippen molar-refractivity contribution in [2.24, 2.45) is 0 Å². The number of nitrogens with zero attached hydrogens (tertiary/aromatic N) is 3. The number of unbranched alkanes of at least 4 members (excludes halogenated alkanes) is 7. The van der Waals surface area contributed by atoms with Gasteiger partial charge >= 0.3 is 11.9 Å². The largest absolute Gasteiger partial charge is 0.756 e. The minimum Gasteiger partial charge on any atom is -0.756 e. The van der Waals surface area contributed by atoms with Gasteiger partial charge in [-0.05, 0) is 24.8 Å². The standard InChI is InChI=1S/C31H50N3O14P.CH4/c35-27(36)19-32(15-16-33(20-28(37)38)21-29(39)40)18-26(34(22-30(41)42)23-31(43)44)24-48-49(45,46)47-17-11-6-4-2-1-3-5-8-12-25-13-9-7-10-14-25;/h7,9-10,13-14,26H,1-6,8,11-12,15-24H2,(H,35,36)(H,37,38)(H,39,40)(H,41,42)(H,43,44)(H,45,46);1H4/p-4. The molecule has 0 saturated heterocycles. The summed E-state index contributed by atoms with van der Waals surface area (Å²) in [5.41, 5.74) is 1.32. The Morgan fingerprint density at radius 2 is 1.16 bits per heavy atom. The molecule has 0 fully saturated rings. The second-order valence-electron chi connectivity index (χ2n) is 11.5. The maximum atomic E-state index is 12.5. The zero-order valence-electron chi connectivity index (χ0n) is 27.5. The van der Waals surface area contributed by atoms with Crippen molar-refractivity contribution >= 4 is 37.7 Å². The molecule has 1 aromatic carbocycles. The maximum absolute atomic E-state index is 12.5. The van der Waals surface area contributed by atoms with E-state index in [9.17, 15) is 53.9 Å². The average molecular weight is 732 g/mol. The quantitative estimate of drug-likeness (QED) is 0.0629. The number of rotatable bonds is 31. The van der Waals surface area contributed by atoms with Gasteiger partial charge in [-0.3, -0.25) is 28.9 Å². The number of phosphoric acid groups is 1. The second kappa shape index (κ2) is 26.4. The lowest BCUT2D eigenvalue weighted by molar-refractivity contribution is -0.311. The Balaban J connectivity index is 0.0000240. The molecular formula is C32H50N3O14P-4. The minimum absolute atomic E-state index is 0. The number of carboxylic acid groups (broad SMARTS) is 5. The fourth-order valence-electron chi connectivity index (χ4n) is 5.04. The number of hydrogen-bond donors (Lipinski definition) is 2. The molecule has 286 valence electrons. The SMILES string of the molecule is C.O=C([O-])CN(CCN(CC(=O)O)CC(COP(=O)([O-])OCCCCCCCCCCc1ccccc1)N(CC(=O)[O-])CC(=O)[O-])CC(=O)O. The van der Waals surface area contributed by atoms with Crippen LogP contribution in [0.15, 0.2) is 30.3 Å². The first-order valence-corrected chi connectivity index (χ1v) is 17.5. The monoisotopic (exact) mass is 731 g/mol. The number of benzene rings is 1. The van der Waals surface area contributed by atoms with Gasteiger partial charge < -0.3 is 53.9 Å². The lowest BCUT2D eigenvalue weighted by Gasteiger charge is -2.37. The number of aliphatic carboxylic acids is 5. The Morgan fingerprint density at radius 1 is 0.680 bits per heavy atom. The molecule has 17 nitrogen and oxygen atoms in total. The fourth-order valence-corrected chi connectivity index (χ4v) is 5.82. The van der Waals surface area contributed by atoms with Crippen LogP contribution in [0.25, 0.3) is 0 Å². The normalized spacial score (nSPS) is 13.1. The van der Waals surface area contributed by atoms with Crippen LogP contribution in [0, 0.1) is 0 Å². The van der Waals surface area contributed by atoms with E-state index in [1.54, 1.807) is 0 Å². The molecule has 50 heavy (non-hydrogen) atoms. The Morgan fingerprint density at radius 3 is 1.68 bits per heavy atom. The first-order chi connectivity index (χ1) is 23.2. The molecule has 0 aromatic heterocycles. The highest BCUT2D eigenvalue weighted by molar-refractivity contribution is 7.45. The van der Waals surface area contributed by atoms with Crippen molar-refractivity contribution in [3.8, 4) is 0 Å². The molecule has 0 spiro atoms. The minimum atomic E-state index is -4.97. The van der Waals surface area contributed by atoms with Crippen molar-refractivity contribution < 1.29 is 68.0 Å². The molecule has 1 rings (SSSR count). The Hall–Kier alpha value is -3.44. The molecule has 18 heteroatoms. The molecular weight excluding hydrogens is 681 g/mol. The summed E-state index contributed by atoms with van der Waals surface area (Å²) in [6, 6.07) is 8.87. The predicted octanol–water partition coefficient (Wildman–Crippen LogP) is -1.82. The molecule has 2 unspecified atom stereocenters. The summed E-state index contributed by atoms with van der Waals surface area (Å²) >= 11 is 0. The van der Waals surface area contributed by atoms with Crippen LogP contribution >= 0.6 is 7.82 Å². The summed E-state index contributed by atoms with van der Waals surface area (Å²) in [5, 5.41) is 52.2. The van der Waals surface area contributed by atoms with E-state index < -0.39 is 89.6 Å². The summed E-state index contributed by atoms with van der Waals surface area (Å²) in [4.78, 5) is 71.7. The number of aryl methyl sites for hydroxylation is 1. The van der Waals surface area contributed by atoms with Gasteiger partial charge in [0, 0.05) is 45.3 Å². The maximum Gasteiger partial charge on any atom is 0.317 e. The van der Waals surface area contributed by atoms with Crippen molar-refractivity contribution in [3.63, 3.8) is 0 Å². The summed E-state index contributed by atoms with van der Waals surface area (Å²) in [6.07, 6.45) is 8.43. The van der Waals surface area contributed by atoms with Crippen molar-refractivity contribution in [2.45, 2.75) is 71.3 Å². The van der Waals surface area contributed by atoms with E-state index >= 15 is 0 Å². The van der Waals surface area contributed by atoms with Crippen molar-refractivity contribution in [2.75, 3.05) is 65.6 Å². The predicted molar refractivity (Wildman–Crippen MR) is 172 cm³/mol. The van der Waals surface area contributed by atoms with Crippen LogP contribution in [-0.2, 0) is 44.0 Å². The van der Waals surface area contributed by atoms with Crippen LogP contribution in [0.4, 0.5) is 0 Å². The van der Waals surface area contributed by atoms with E-state index in [1.807, 2.05) is 18.2 Å². The zero-order valence-corrected chi connectivity index (χ0v) is 28.4. The Kier molecular flexibility index (Phi) is 24.6. The highest BCUT2D eigenvalue weighted by Gasteiger charge is 2.26. The van der Waals surface area contributed by atoms with Crippen LogP contribution in [0.1, 0.15) is 64.4 Å². The van der Waals surface area contributed by atoms with Gasteiger partial charge in [0.05, 0.1) is 44.2 Å². The number of carbonyl (C=O) groups excluding carboxylic acids is 3. The zero-order chi connectivity index (χ0) is 36.7. The van der Waals surface area contributed by atoms with Crippen LogP contribution in [0.5, 0.6) is 0 Å². The van der Waals surface area contributed by atoms with Gasteiger partial charge in [0.15, 0.2) is 0 Å². The van der Waals surface area contributed by atoms with Gasteiger partial charge in [0.2, 0.25) is 0 Å². The van der Waals surface area contributed by atoms with E-state index in [-0.39, 0.29) is 27.1 Å². The Labute approximate surface area is 293 Å². The molecule has 0 saturated carbocycles. The van der Waals surface area contributed by atoms with Gasteiger partial charge in [-0.25, -0.2) is 0 Å². The second-order valence-corrected chi connectivity index (χ2v) is 13.0. The van der Waals surface area contributed by atoms with Gasteiger partial charge in [-0.15, -0.1) is 0 Å². The fraction of sp³-hybridized carbons (Fsp3) is 0.656. The van der Waals surface area contributed by atoms with E-state index in [2.05, 4.69) is 12.1 Å². The first kappa shape index (κ1) is 46.6. The van der Waals surface area contributed by atoms with Gasteiger partial charge in [0.25, 0.3) is 7.82 Å². The van der Waals surface area contributed by atoms with Crippen LogP contribution in [0.3, 0.4) is 0 Å². The van der Waals surface area contributed by atoms with Crippen LogP contribution in [0.2, 0.25) is 0 Å². The molecule has 0 aliphatic heterocycles. The Bertz CT molecular complexity index is 1170. The third kappa shape index (κ3) is 24.7. The van der Waals surface area contributed by atoms with Crippen LogP contribution < -0.4 is 20.2 Å². The smallest absolute Gasteiger partial charge is 0.317 e. The molecule has 2 atom stereocenters. The number of phosphoric ester groups is 1. The van der Waals surface area contributed by atoms with Crippen LogP contribution in [-0.4, -0.2) is 126 Å². The highest BCUT2D eigenvalue weighted by Crippen LogP contribution is 2.38. The van der Waals surface area contributed by atoms with E-state index in [4.69, 9.17) is 14.2 Å². The number of carbonyl (C=O) groups is 5. The lowest BCUT2D eigenvalue weighted by atomic mass is 10.0. The first-order valence-electron chi connectivity index (χ1n) is 16.0. The molecule has 1 aromatic rings. The molecule has 2 N–H and O–H groups in total. The van der Waals surface area contributed by atoms with E-state index in [0.29, 0.717) is 12.8 Å².